The molecule has 8 heteroatoms. The van der Waals surface area contributed by atoms with E-state index in [1.807, 2.05) is 0 Å². The van der Waals surface area contributed by atoms with Gasteiger partial charge in [-0.05, 0) is 41.9 Å². The third-order valence-corrected chi connectivity index (χ3v) is 4.07. The Balaban J connectivity index is 3.40. The van der Waals surface area contributed by atoms with Crippen molar-refractivity contribution in [3.63, 3.8) is 0 Å². The molecule has 0 radical (unpaired) electrons. The second-order valence-corrected chi connectivity index (χ2v) is 7.44. The monoisotopic (exact) mass is 369 g/mol. The number of hydrogen-bond donors (Lipinski definition) is 1. The van der Waals surface area contributed by atoms with Gasteiger partial charge in [0.2, 0.25) is 0 Å². The van der Waals surface area contributed by atoms with E-state index in [1.54, 1.807) is 13.8 Å². The summed E-state index contributed by atoms with van der Waals surface area (Å²) in [5.74, 6) is -0.323. The second-order valence-electron chi connectivity index (χ2n) is 4.06. The van der Waals surface area contributed by atoms with Crippen molar-refractivity contribution in [3.05, 3.63) is 22.2 Å². The lowest BCUT2D eigenvalue weighted by Gasteiger charge is -2.12. The zero-order valence-electron chi connectivity index (χ0n) is 10.5. The Kier molecular flexibility index (Phi) is 5.23. The van der Waals surface area contributed by atoms with Crippen molar-refractivity contribution in [3.8, 4) is 5.75 Å². The van der Waals surface area contributed by atoms with Crippen LogP contribution >= 0.6 is 26.6 Å². The summed E-state index contributed by atoms with van der Waals surface area (Å²) in [5.41, 5.74) is 0.181. The molecule has 0 saturated heterocycles. The number of nitrogens with one attached hydrogen (secondary N) is 1. The Labute approximate surface area is 124 Å². The predicted octanol–water partition coefficient (Wildman–Crippen LogP) is 2.52. The van der Waals surface area contributed by atoms with E-state index in [0.717, 1.165) is 0 Å². The summed E-state index contributed by atoms with van der Waals surface area (Å²) < 4.78 is 28.3. The molecule has 5 nitrogen and oxygen atoms in total. The second kappa shape index (κ2) is 6.11. The van der Waals surface area contributed by atoms with Gasteiger partial charge in [0.25, 0.3) is 15.0 Å². The molecule has 0 atom stereocenters. The molecule has 0 aliphatic heterocycles. The van der Waals surface area contributed by atoms with Gasteiger partial charge in [0.1, 0.15) is 4.90 Å². The number of halogens is 2. The van der Waals surface area contributed by atoms with E-state index in [2.05, 4.69) is 21.2 Å². The van der Waals surface area contributed by atoms with E-state index in [1.165, 1.54) is 19.2 Å². The van der Waals surface area contributed by atoms with Crippen LogP contribution in [0, 0.1) is 0 Å². The van der Waals surface area contributed by atoms with Crippen LogP contribution in [0.25, 0.3) is 0 Å². The zero-order valence-corrected chi connectivity index (χ0v) is 13.7. The van der Waals surface area contributed by atoms with E-state index in [4.69, 9.17) is 15.4 Å². The molecule has 1 rings (SSSR count). The molecule has 0 fully saturated rings. The minimum absolute atomic E-state index is 0.0653. The molecule has 0 aliphatic rings. The maximum Gasteiger partial charge on any atom is 0.265 e. The van der Waals surface area contributed by atoms with Crippen LogP contribution in [0.4, 0.5) is 0 Å². The summed E-state index contributed by atoms with van der Waals surface area (Å²) in [6, 6.07) is 2.59. The van der Waals surface area contributed by atoms with Crippen molar-refractivity contribution in [2.75, 3.05) is 7.11 Å². The maximum atomic E-state index is 11.9. The van der Waals surface area contributed by atoms with Gasteiger partial charge in [-0.25, -0.2) is 8.42 Å². The van der Waals surface area contributed by atoms with Gasteiger partial charge in [0.15, 0.2) is 5.75 Å². The molecular formula is C11H13BrClNO4S. The molecule has 19 heavy (non-hydrogen) atoms. The highest BCUT2D eigenvalue weighted by atomic mass is 79.9. The van der Waals surface area contributed by atoms with Crippen LogP contribution < -0.4 is 10.1 Å². The van der Waals surface area contributed by atoms with Crippen molar-refractivity contribution in [2.45, 2.75) is 24.8 Å². The van der Waals surface area contributed by atoms with Crippen LogP contribution in [0.15, 0.2) is 21.5 Å². The molecule has 1 N–H and O–H groups in total. The van der Waals surface area contributed by atoms with Gasteiger partial charge in [0.05, 0.1) is 11.6 Å². The molecule has 0 spiro atoms. The molecule has 106 valence electrons. The molecule has 0 aliphatic carbocycles. The van der Waals surface area contributed by atoms with E-state index in [9.17, 15) is 13.2 Å². The lowest BCUT2D eigenvalue weighted by molar-refractivity contribution is 0.0943. The number of carbonyl (C=O) groups excluding carboxylic acids is 1. The fraction of sp³-hybridized carbons (Fsp3) is 0.364. The molecule has 1 amide bonds. The van der Waals surface area contributed by atoms with Crippen molar-refractivity contribution in [1.82, 2.24) is 5.32 Å². The van der Waals surface area contributed by atoms with Gasteiger partial charge >= 0.3 is 0 Å². The topological polar surface area (TPSA) is 72.5 Å². The van der Waals surface area contributed by atoms with Gasteiger partial charge in [-0.3, -0.25) is 4.79 Å². The van der Waals surface area contributed by atoms with Crippen LogP contribution in [-0.4, -0.2) is 27.5 Å². The SMILES string of the molecule is COc1c(Br)cc(C(=O)NC(C)C)cc1S(=O)(=O)Cl. The third kappa shape index (κ3) is 4.09. The first-order valence-corrected chi connectivity index (χ1v) is 8.40. The first kappa shape index (κ1) is 16.3. The number of benzene rings is 1. The number of hydrogen-bond acceptors (Lipinski definition) is 4. The van der Waals surface area contributed by atoms with Gasteiger partial charge < -0.3 is 10.1 Å². The van der Waals surface area contributed by atoms with E-state index < -0.39 is 9.05 Å². The van der Waals surface area contributed by atoms with Crippen LogP contribution in [-0.2, 0) is 9.05 Å². The maximum absolute atomic E-state index is 11.9. The minimum atomic E-state index is -4.02. The van der Waals surface area contributed by atoms with Crippen molar-refractivity contribution in [2.24, 2.45) is 0 Å². The minimum Gasteiger partial charge on any atom is -0.494 e. The van der Waals surface area contributed by atoms with Crippen molar-refractivity contribution < 1.29 is 17.9 Å². The average molecular weight is 371 g/mol. The molecule has 1 aromatic rings. The summed E-state index contributed by atoms with van der Waals surface area (Å²) >= 11 is 3.16. The molecule has 0 bridgehead atoms. The van der Waals surface area contributed by atoms with Gasteiger partial charge in [-0.2, -0.15) is 0 Å². The lowest BCUT2D eigenvalue weighted by atomic mass is 10.2. The summed E-state index contributed by atoms with van der Waals surface area (Å²) in [4.78, 5) is 11.6. The third-order valence-electron chi connectivity index (χ3n) is 2.16. The highest BCUT2D eigenvalue weighted by molar-refractivity contribution is 9.10. The quantitative estimate of drug-likeness (QED) is 0.827. The largest absolute Gasteiger partial charge is 0.494 e. The Hall–Kier alpha value is -0.790. The summed E-state index contributed by atoms with van der Waals surface area (Å²) in [6.45, 7) is 3.60. The van der Waals surface area contributed by atoms with Crippen molar-refractivity contribution >= 4 is 41.6 Å². The van der Waals surface area contributed by atoms with E-state index in [-0.39, 0.29) is 28.2 Å². The number of carbonyl (C=O) groups is 1. The molecule has 0 heterocycles. The summed E-state index contributed by atoms with van der Waals surface area (Å²) in [7, 11) is 2.64. The summed E-state index contributed by atoms with van der Waals surface area (Å²) in [6.07, 6.45) is 0. The van der Waals surface area contributed by atoms with Gasteiger partial charge in [0, 0.05) is 22.3 Å². The summed E-state index contributed by atoms with van der Waals surface area (Å²) in [5, 5.41) is 2.66. The Morgan fingerprint density at radius 3 is 2.42 bits per heavy atom. The molecular weight excluding hydrogens is 358 g/mol. The number of methoxy groups -OCH3 is 1. The standard InChI is InChI=1S/C11H13BrClNO4S/c1-6(2)14-11(15)7-4-8(12)10(18-3)9(5-7)19(13,16)17/h4-6H,1-3H3,(H,14,15). The number of amides is 1. The van der Waals surface area contributed by atoms with Crippen LogP contribution in [0.2, 0.25) is 0 Å². The smallest absolute Gasteiger partial charge is 0.265 e. The van der Waals surface area contributed by atoms with Gasteiger partial charge in [-0.1, -0.05) is 0 Å². The highest BCUT2D eigenvalue weighted by Gasteiger charge is 2.22. The normalized spacial score (nSPS) is 11.5. The molecule has 0 unspecified atom stereocenters. The van der Waals surface area contributed by atoms with Crippen molar-refractivity contribution in [1.29, 1.82) is 0 Å². The van der Waals surface area contributed by atoms with E-state index >= 15 is 0 Å². The fourth-order valence-electron chi connectivity index (χ4n) is 1.42. The van der Waals surface area contributed by atoms with Gasteiger partial charge in [-0.15, -0.1) is 0 Å². The Morgan fingerprint density at radius 1 is 1.42 bits per heavy atom. The van der Waals surface area contributed by atoms with E-state index in [0.29, 0.717) is 4.47 Å². The Morgan fingerprint density at radius 2 is 2.00 bits per heavy atom. The average Bonchev–Trinajstić information content (AvgIpc) is 2.25. The Bertz CT molecular complexity index is 601. The highest BCUT2D eigenvalue weighted by Crippen LogP contribution is 2.35. The molecule has 1 aromatic carbocycles. The molecule has 0 aromatic heterocycles. The number of ether oxygens (including phenoxy) is 1. The van der Waals surface area contributed by atoms with Crippen LogP contribution in [0.5, 0.6) is 5.75 Å². The van der Waals surface area contributed by atoms with Crippen LogP contribution in [0.1, 0.15) is 24.2 Å². The fourth-order valence-corrected chi connectivity index (χ4v) is 3.20. The first-order valence-electron chi connectivity index (χ1n) is 5.30. The zero-order chi connectivity index (χ0) is 14.8. The lowest BCUT2D eigenvalue weighted by Crippen LogP contribution is -2.30. The predicted molar refractivity (Wildman–Crippen MR) is 76.3 cm³/mol. The van der Waals surface area contributed by atoms with Crippen LogP contribution in [0.3, 0.4) is 0 Å². The molecule has 0 saturated carbocycles. The first-order chi connectivity index (χ1) is 8.66. The number of rotatable bonds is 4.